The highest BCUT2D eigenvalue weighted by molar-refractivity contribution is 9.10. The minimum absolute atomic E-state index is 0.174. The molecule has 0 amide bonds. The monoisotopic (exact) mass is 325 g/mol. The van der Waals surface area contributed by atoms with Crippen molar-refractivity contribution in [1.82, 2.24) is 5.32 Å². The van der Waals surface area contributed by atoms with Gasteiger partial charge in [-0.25, -0.2) is 0 Å². The molecule has 1 saturated carbocycles. The summed E-state index contributed by atoms with van der Waals surface area (Å²) in [6.07, 6.45) is 5.62. The van der Waals surface area contributed by atoms with Gasteiger partial charge in [0.15, 0.2) is 0 Å². The van der Waals surface area contributed by atoms with Gasteiger partial charge in [-0.05, 0) is 36.6 Å². The van der Waals surface area contributed by atoms with E-state index in [-0.39, 0.29) is 6.10 Å². The first-order valence-electron chi connectivity index (χ1n) is 7.37. The lowest BCUT2D eigenvalue weighted by Gasteiger charge is -2.26. The maximum absolute atomic E-state index is 6.10. The molecule has 1 N–H and O–H groups in total. The highest BCUT2D eigenvalue weighted by Crippen LogP contribution is 2.30. The number of ether oxygens (including phenoxy) is 1. The number of nitrogens with one attached hydrogen (secondary N) is 1. The summed E-state index contributed by atoms with van der Waals surface area (Å²) in [4.78, 5) is 0. The third kappa shape index (κ3) is 4.90. The molecule has 1 aromatic carbocycles. The van der Waals surface area contributed by atoms with Gasteiger partial charge in [0.1, 0.15) is 0 Å². The van der Waals surface area contributed by atoms with Gasteiger partial charge in [-0.1, -0.05) is 54.2 Å². The number of halogens is 1. The van der Waals surface area contributed by atoms with Crippen molar-refractivity contribution < 1.29 is 4.74 Å². The molecular weight excluding hydrogens is 302 g/mol. The molecule has 1 aliphatic carbocycles. The summed E-state index contributed by atoms with van der Waals surface area (Å²) in [5.74, 6) is 0.921. The van der Waals surface area contributed by atoms with Crippen molar-refractivity contribution in [1.29, 1.82) is 0 Å². The summed E-state index contributed by atoms with van der Waals surface area (Å²) < 4.78 is 7.22. The molecule has 1 aromatic rings. The Bertz CT molecular complexity index is 362. The molecule has 0 radical (unpaired) electrons. The SMILES string of the molecule is CCNCC(OCCC1CCC1)c1ccc(Br)cc1. The van der Waals surface area contributed by atoms with Crippen LogP contribution in [0.3, 0.4) is 0 Å². The second-order valence-electron chi connectivity index (χ2n) is 5.30. The molecule has 1 aliphatic rings. The van der Waals surface area contributed by atoms with E-state index in [0.29, 0.717) is 0 Å². The smallest absolute Gasteiger partial charge is 0.0949 e. The fourth-order valence-electron chi connectivity index (χ4n) is 2.38. The van der Waals surface area contributed by atoms with Crippen LogP contribution in [0.4, 0.5) is 0 Å². The van der Waals surface area contributed by atoms with Crippen LogP contribution in [0.5, 0.6) is 0 Å². The number of benzene rings is 1. The van der Waals surface area contributed by atoms with E-state index in [4.69, 9.17) is 4.74 Å². The van der Waals surface area contributed by atoms with Gasteiger partial charge in [-0.3, -0.25) is 0 Å². The average molecular weight is 326 g/mol. The molecule has 1 atom stereocenters. The lowest BCUT2D eigenvalue weighted by molar-refractivity contribution is 0.0375. The Morgan fingerprint density at radius 2 is 2.05 bits per heavy atom. The van der Waals surface area contributed by atoms with Crippen LogP contribution in [0.25, 0.3) is 0 Å². The van der Waals surface area contributed by atoms with Gasteiger partial charge < -0.3 is 10.1 Å². The first kappa shape index (κ1) is 15.0. The Balaban J connectivity index is 1.84. The molecule has 2 rings (SSSR count). The molecule has 0 aromatic heterocycles. The van der Waals surface area contributed by atoms with E-state index in [0.717, 1.165) is 30.1 Å². The molecule has 3 heteroatoms. The summed E-state index contributed by atoms with van der Waals surface area (Å²) in [7, 11) is 0. The number of hydrogen-bond donors (Lipinski definition) is 1. The molecule has 0 saturated heterocycles. The van der Waals surface area contributed by atoms with Gasteiger partial charge in [0.05, 0.1) is 6.10 Å². The molecule has 1 unspecified atom stereocenters. The fraction of sp³-hybridized carbons (Fsp3) is 0.625. The molecule has 19 heavy (non-hydrogen) atoms. The second-order valence-corrected chi connectivity index (χ2v) is 6.22. The fourth-order valence-corrected chi connectivity index (χ4v) is 2.65. The quantitative estimate of drug-likeness (QED) is 0.769. The Morgan fingerprint density at radius 1 is 1.32 bits per heavy atom. The van der Waals surface area contributed by atoms with Crippen LogP contribution in [-0.2, 0) is 4.74 Å². The normalized spacial score (nSPS) is 17.2. The zero-order valence-corrected chi connectivity index (χ0v) is 13.3. The van der Waals surface area contributed by atoms with E-state index in [1.807, 2.05) is 0 Å². The molecule has 1 fully saturated rings. The largest absolute Gasteiger partial charge is 0.372 e. The average Bonchev–Trinajstić information content (AvgIpc) is 2.37. The van der Waals surface area contributed by atoms with Crippen LogP contribution in [0.15, 0.2) is 28.7 Å². The van der Waals surface area contributed by atoms with Crippen molar-refractivity contribution in [2.24, 2.45) is 5.92 Å². The van der Waals surface area contributed by atoms with E-state index in [2.05, 4.69) is 52.4 Å². The Morgan fingerprint density at radius 3 is 2.63 bits per heavy atom. The Kier molecular flexibility index (Phi) is 6.35. The topological polar surface area (TPSA) is 21.3 Å². The van der Waals surface area contributed by atoms with Crippen LogP contribution in [0, 0.1) is 5.92 Å². The summed E-state index contributed by atoms with van der Waals surface area (Å²) in [6, 6.07) is 8.47. The summed E-state index contributed by atoms with van der Waals surface area (Å²) >= 11 is 3.48. The van der Waals surface area contributed by atoms with Gasteiger partial charge in [0.2, 0.25) is 0 Å². The molecule has 2 nitrogen and oxygen atoms in total. The highest BCUT2D eigenvalue weighted by atomic mass is 79.9. The number of rotatable bonds is 8. The third-order valence-electron chi connectivity index (χ3n) is 3.89. The Hall–Kier alpha value is -0.380. The van der Waals surface area contributed by atoms with E-state index in [1.54, 1.807) is 0 Å². The molecule has 0 bridgehead atoms. The van der Waals surface area contributed by atoms with Crippen molar-refractivity contribution in [3.63, 3.8) is 0 Å². The van der Waals surface area contributed by atoms with Crippen LogP contribution in [-0.4, -0.2) is 19.7 Å². The van der Waals surface area contributed by atoms with E-state index in [1.165, 1.54) is 31.2 Å². The maximum Gasteiger partial charge on any atom is 0.0949 e. The number of likely N-dealkylation sites (N-methyl/N-ethyl adjacent to an activating group) is 1. The molecule has 106 valence electrons. The molecule has 0 aliphatic heterocycles. The van der Waals surface area contributed by atoms with Crippen molar-refractivity contribution in [2.75, 3.05) is 19.7 Å². The summed E-state index contributed by atoms with van der Waals surface area (Å²) in [5, 5.41) is 3.39. The number of hydrogen-bond acceptors (Lipinski definition) is 2. The first-order chi connectivity index (χ1) is 9.29. The maximum atomic E-state index is 6.10. The predicted octanol–water partition coefficient (Wildman–Crippen LogP) is 4.31. The minimum atomic E-state index is 0.174. The van der Waals surface area contributed by atoms with E-state index >= 15 is 0 Å². The van der Waals surface area contributed by atoms with Crippen molar-refractivity contribution in [3.8, 4) is 0 Å². The van der Waals surface area contributed by atoms with Gasteiger partial charge in [-0.15, -0.1) is 0 Å². The minimum Gasteiger partial charge on any atom is -0.372 e. The van der Waals surface area contributed by atoms with Gasteiger partial charge in [0, 0.05) is 17.6 Å². The summed E-state index contributed by atoms with van der Waals surface area (Å²) in [6.45, 7) is 4.89. The Labute approximate surface area is 125 Å². The van der Waals surface area contributed by atoms with Crippen molar-refractivity contribution >= 4 is 15.9 Å². The molecular formula is C16H24BrNO. The third-order valence-corrected chi connectivity index (χ3v) is 4.42. The van der Waals surface area contributed by atoms with Crippen LogP contribution in [0.1, 0.15) is 44.3 Å². The van der Waals surface area contributed by atoms with Crippen LogP contribution in [0.2, 0.25) is 0 Å². The van der Waals surface area contributed by atoms with Crippen LogP contribution >= 0.6 is 15.9 Å². The predicted molar refractivity (Wildman–Crippen MR) is 83.3 cm³/mol. The van der Waals surface area contributed by atoms with Gasteiger partial charge in [0.25, 0.3) is 0 Å². The van der Waals surface area contributed by atoms with Gasteiger partial charge in [-0.2, -0.15) is 0 Å². The lowest BCUT2D eigenvalue weighted by atomic mass is 9.83. The molecule has 0 spiro atoms. The van der Waals surface area contributed by atoms with E-state index < -0.39 is 0 Å². The highest BCUT2D eigenvalue weighted by Gasteiger charge is 2.18. The van der Waals surface area contributed by atoms with Crippen molar-refractivity contribution in [2.45, 2.75) is 38.7 Å². The first-order valence-corrected chi connectivity index (χ1v) is 8.16. The summed E-state index contributed by atoms with van der Waals surface area (Å²) in [5.41, 5.74) is 1.26. The molecule has 0 heterocycles. The lowest BCUT2D eigenvalue weighted by Crippen LogP contribution is -2.24. The van der Waals surface area contributed by atoms with Crippen LogP contribution < -0.4 is 5.32 Å². The zero-order valence-electron chi connectivity index (χ0n) is 11.7. The van der Waals surface area contributed by atoms with Gasteiger partial charge >= 0.3 is 0 Å². The van der Waals surface area contributed by atoms with E-state index in [9.17, 15) is 0 Å². The second kappa shape index (κ2) is 8.03. The standard InChI is InChI=1S/C16H24BrNO/c1-2-18-12-16(14-6-8-15(17)9-7-14)19-11-10-13-4-3-5-13/h6-9,13,16,18H,2-5,10-12H2,1H3. The van der Waals surface area contributed by atoms with Crippen molar-refractivity contribution in [3.05, 3.63) is 34.3 Å². The zero-order chi connectivity index (χ0) is 13.5.